The van der Waals surface area contributed by atoms with E-state index in [1.54, 1.807) is 0 Å². The van der Waals surface area contributed by atoms with Crippen molar-refractivity contribution in [3.63, 3.8) is 0 Å². The first-order valence-corrected chi connectivity index (χ1v) is 2.70. The first-order valence-electron chi connectivity index (χ1n) is 2.70. The number of hydrogen-bond donors (Lipinski definition) is 1. The fourth-order valence-electron chi connectivity index (χ4n) is 0.609. The zero-order valence-electron chi connectivity index (χ0n) is 5.31. The SMILES string of the molecule is Nc1c[c]cnc1C(F)(F)F. The van der Waals surface area contributed by atoms with Crippen molar-refractivity contribution in [1.82, 2.24) is 4.98 Å². The maximum Gasteiger partial charge on any atom is 0.435 e. The molecule has 1 aromatic rings. The molecule has 5 heteroatoms. The van der Waals surface area contributed by atoms with E-state index in [9.17, 15) is 13.2 Å². The summed E-state index contributed by atoms with van der Waals surface area (Å²) in [4.78, 5) is 3.04. The third-order valence-electron chi connectivity index (χ3n) is 1.05. The van der Waals surface area contributed by atoms with Crippen LogP contribution in [-0.2, 0) is 6.18 Å². The topological polar surface area (TPSA) is 38.9 Å². The highest BCUT2D eigenvalue weighted by Crippen LogP contribution is 2.30. The van der Waals surface area contributed by atoms with Gasteiger partial charge in [-0.1, -0.05) is 0 Å². The van der Waals surface area contributed by atoms with E-state index in [1.807, 2.05) is 0 Å². The van der Waals surface area contributed by atoms with Gasteiger partial charge in [0.25, 0.3) is 0 Å². The monoisotopic (exact) mass is 161 g/mol. The van der Waals surface area contributed by atoms with Crippen molar-refractivity contribution in [2.45, 2.75) is 6.18 Å². The molecule has 0 saturated heterocycles. The van der Waals surface area contributed by atoms with Crippen LogP contribution in [0, 0.1) is 6.07 Å². The molecule has 0 aliphatic carbocycles. The maximum absolute atomic E-state index is 11.9. The number of anilines is 1. The van der Waals surface area contributed by atoms with Gasteiger partial charge in [-0.15, -0.1) is 0 Å². The molecule has 59 valence electrons. The molecule has 0 aliphatic rings. The highest BCUT2D eigenvalue weighted by atomic mass is 19.4. The molecule has 0 atom stereocenters. The lowest BCUT2D eigenvalue weighted by Gasteiger charge is -2.06. The number of pyridine rings is 1. The molecule has 0 spiro atoms. The summed E-state index contributed by atoms with van der Waals surface area (Å²) in [5, 5.41) is 0. The molecule has 0 amide bonds. The van der Waals surface area contributed by atoms with Crippen molar-refractivity contribution in [3.8, 4) is 0 Å². The van der Waals surface area contributed by atoms with Gasteiger partial charge in [0.2, 0.25) is 0 Å². The van der Waals surface area contributed by atoms with Crippen molar-refractivity contribution < 1.29 is 13.2 Å². The zero-order valence-corrected chi connectivity index (χ0v) is 5.31. The second-order valence-electron chi connectivity index (χ2n) is 1.87. The van der Waals surface area contributed by atoms with Gasteiger partial charge in [0.15, 0.2) is 5.69 Å². The van der Waals surface area contributed by atoms with Crippen LogP contribution in [0.25, 0.3) is 0 Å². The molecule has 1 heterocycles. The van der Waals surface area contributed by atoms with Crippen LogP contribution < -0.4 is 5.73 Å². The van der Waals surface area contributed by atoms with Crippen LogP contribution in [0.4, 0.5) is 18.9 Å². The third kappa shape index (κ3) is 1.60. The minimum atomic E-state index is -4.47. The Balaban J connectivity index is 3.14. The standard InChI is InChI=1S/C6H4F3N2/c7-6(8,9)5-4(10)2-1-3-11-5/h2-3H,10H2. The lowest BCUT2D eigenvalue weighted by atomic mass is 10.3. The summed E-state index contributed by atoms with van der Waals surface area (Å²) in [6.07, 6.45) is -3.54. The summed E-state index contributed by atoms with van der Waals surface area (Å²) >= 11 is 0. The number of nitrogens with zero attached hydrogens (tertiary/aromatic N) is 1. The number of rotatable bonds is 0. The molecule has 0 fully saturated rings. The number of hydrogen-bond acceptors (Lipinski definition) is 2. The minimum Gasteiger partial charge on any atom is -0.397 e. The summed E-state index contributed by atoms with van der Waals surface area (Å²) in [5.41, 5.74) is 3.53. The Morgan fingerprint density at radius 3 is 2.45 bits per heavy atom. The zero-order chi connectivity index (χ0) is 8.48. The van der Waals surface area contributed by atoms with Gasteiger partial charge in [0, 0.05) is 12.3 Å². The summed E-state index contributed by atoms with van der Waals surface area (Å²) in [6.45, 7) is 0. The van der Waals surface area contributed by atoms with Crippen LogP contribution in [0.1, 0.15) is 5.69 Å². The average molecular weight is 161 g/mol. The molecule has 0 saturated carbocycles. The molecule has 0 bridgehead atoms. The van der Waals surface area contributed by atoms with Crippen LogP contribution in [0.3, 0.4) is 0 Å². The molecule has 1 aromatic heterocycles. The van der Waals surface area contributed by atoms with Crippen LogP contribution in [0.5, 0.6) is 0 Å². The van der Waals surface area contributed by atoms with Gasteiger partial charge in [-0.25, -0.2) is 4.98 Å². The predicted octanol–water partition coefficient (Wildman–Crippen LogP) is 1.48. The summed E-state index contributed by atoms with van der Waals surface area (Å²) in [7, 11) is 0. The van der Waals surface area contributed by atoms with E-state index in [4.69, 9.17) is 5.73 Å². The second kappa shape index (κ2) is 2.41. The Bertz CT molecular complexity index is 256. The minimum absolute atomic E-state index is 0.403. The van der Waals surface area contributed by atoms with Gasteiger partial charge >= 0.3 is 6.18 Å². The van der Waals surface area contributed by atoms with E-state index in [0.717, 1.165) is 12.3 Å². The van der Waals surface area contributed by atoms with E-state index in [2.05, 4.69) is 11.1 Å². The number of alkyl halides is 3. The number of nitrogens with two attached hydrogens (primary N) is 1. The van der Waals surface area contributed by atoms with Crippen LogP contribution >= 0.6 is 0 Å². The van der Waals surface area contributed by atoms with Gasteiger partial charge in [0.1, 0.15) is 0 Å². The molecule has 0 unspecified atom stereocenters. The number of aromatic nitrogens is 1. The Morgan fingerprint density at radius 1 is 1.45 bits per heavy atom. The Morgan fingerprint density at radius 2 is 2.09 bits per heavy atom. The lowest BCUT2D eigenvalue weighted by Crippen LogP contribution is -2.10. The van der Waals surface area contributed by atoms with Gasteiger partial charge < -0.3 is 5.73 Å². The largest absolute Gasteiger partial charge is 0.435 e. The Hall–Kier alpha value is -1.26. The number of nitrogen functional groups attached to an aromatic ring is 1. The Kier molecular flexibility index (Phi) is 1.72. The van der Waals surface area contributed by atoms with E-state index < -0.39 is 17.6 Å². The van der Waals surface area contributed by atoms with E-state index >= 15 is 0 Å². The molecular weight excluding hydrogens is 157 g/mol. The second-order valence-corrected chi connectivity index (χ2v) is 1.87. The third-order valence-corrected chi connectivity index (χ3v) is 1.05. The first kappa shape index (κ1) is 7.84. The average Bonchev–Trinajstić information content (AvgIpc) is 1.86. The molecule has 2 nitrogen and oxygen atoms in total. The summed E-state index contributed by atoms with van der Waals surface area (Å²) < 4.78 is 35.7. The van der Waals surface area contributed by atoms with Gasteiger partial charge in [0.05, 0.1) is 5.69 Å². The van der Waals surface area contributed by atoms with E-state index in [-0.39, 0.29) is 0 Å². The quantitative estimate of drug-likeness (QED) is 0.625. The molecule has 0 aliphatic heterocycles. The molecule has 2 N–H and O–H groups in total. The highest BCUT2D eigenvalue weighted by molar-refractivity contribution is 5.42. The van der Waals surface area contributed by atoms with E-state index in [1.165, 1.54) is 0 Å². The van der Waals surface area contributed by atoms with E-state index in [0.29, 0.717) is 0 Å². The molecular formula is C6H4F3N2. The van der Waals surface area contributed by atoms with Crippen molar-refractivity contribution in [2.75, 3.05) is 5.73 Å². The van der Waals surface area contributed by atoms with Crippen molar-refractivity contribution >= 4 is 5.69 Å². The van der Waals surface area contributed by atoms with Crippen molar-refractivity contribution in [3.05, 3.63) is 24.0 Å². The summed E-state index contributed by atoms with van der Waals surface area (Å²) in [6, 6.07) is 3.37. The van der Waals surface area contributed by atoms with Gasteiger partial charge in [-0.05, 0) is 6.07 Å². The van der Waals surface area contributed by atoms with Crippen LogP contribution in [0.2, 0.25) is 0 Å². The van der Waals surface area contributed by atoms with Crippen molar-refractivity contribution in [2.24, 2.45) is 0 Å². The smallest absolute Gasteiger partial charge is 0.397 e. The van der Waals surface area contributed by atoms with Crippen molar-refractivity contribution in [1.29, 1.82) is 0 Å². The first-order chi connectivity index (χ1) is 5.02. The molecule has 1 radical (unpaired) electrons. The number of halogens is 3. The lowest BCUT2D eigenvalue weighted by molar-refractivity contribution is -0.140. The molecule has 11 heavy (non-hydrogen) atoms. The van der Waals surface area contributed by atoms with Crippen LogP contribution in [0.15, 0.2) is 12.3 Å². The fourth-order valence-corrected chi connectivity index (χ4v) is 0.609. The highest BCUT2D eigenvalue weighted by Gasteiger charge is 2.34. The van der Waals surface area contributed by atoms with Gasteiger partial charge in [-0.3, -0.25) is 0 Å². The Labute approximate surface area is 60.9 Å². The maximum atomic E-state index is 11.9. The predicted molar refractivity (Wildman–Crippen MR) is 32.5 cm³/mol. The normalized spacial score (nSPS) is 11.5. The fraction of sp³-hybridized carbons (Fsp3) is 0.167. The molecule has 1 rings (SSSR count). The summed E-state index contributed by atoms with van der Waals surface area (Å²) in [5.74, 6) is 0. The molecule has 0 aromatic carbocycles. The van der Waals surface area contributed by atoms with Gasteiger partial charge in [-0.2, -0.15) is 13.2 Å². The van der Waals surface area contributed by atoms with Crippen LogP contribution in [-0.4, -0.2) is 4.98 Å².